The zero-order valence-corrected chi connectivity index (χ0v) is 13.5. The van der Waals surface area contributed by atoms with Gasteiger partial charge in [-0.15, -0.1) is 16.4 Å². The first kappa shape index (κ1) is 15.4. The average Bonchev–Trinajstić information content (AvgIpc) is 3.20. The maximum Gasteiger partial charge on any atom is 0.233 e. The Labute approximate surface area is 134 Å². The smallest absolute Gasteiger partial charge is 0.233 e. The summed E-state index contributed by atoms with van der Waals surface area (Å²) in [4.78, 5) is 3.45. The van der Waals surface area contributed by atoms with E-state index in [-0.39, 0.29) is 6.10 Å². The average molecular weight is 319 g/mol. The molecule has 1 aliphatic rings. The van der Waals surface area contributed by atoms with E-state index in [4.69, 9.17) is 4.74 Å². The summed E-state index contributed by atoms with van der Waals surface area (Å²) in [6.45, 7) is 1.83. The summed E-state index contributed by atoms with van der Waals surface area (Å²) >= 11 is 1.62. The fraction of sp³-hybridized carbons (Fsp3) is 0.500. The van der Waals surface area contributed by atoms with E-state index < -0.39 is 0 Å². The van der Waals surface area contributed by atoms with Crippen molar-refractivity contribution >= 4 is 11.3 Å². The Morgan fingerprint density at radius 1 is 1.41 bits per heavy atom. The lowest BCUT2D eigenvalue weighted by atomic mass is 10.1. The third kappa shape index (κ3) is 3.63. The molecular weight excluding hydrogens is 298 g/mol. The fourth-order valence-corrected chi connectivity index (χ4v) is 3.70. The molecule has 0 saturated carbocycles. The van der Waals surface area contributed by atoms with E-state index in [1.165, 1.54) is 6.42 Å². The van der Waals surface area contributed by atoms with Crippen LogP contribution in [0.25, 0.3) is 0 Å². The summed E-state index contributed by atoms with van der Waals surface area (Å²) in [6, 6.07) is 8.19. The molecule has 118 valence electrons. The molecule has 0 radical (unpaired) electrons. The Morgan fingerprint density at radius 3 is 3.00 bits per heavy atom. The van der Waals surface area contributed by atoms with Crippen LogP contribution >= 0.6 is 11.3 Å². The summed E-state index contributed by atoms with van der Waals surface area (Å²) in [6.07, 6.45) is 2.72. The number of hydrogen-bond acceptors (Lipinski definition) is 6. The number of hydrogen-bond donors (Lipinski definition) is 1. The van der Waals surface area contributed by atoms with Crippen molar-refractivity contribution in [1.82, 2.24) is 15.1 Å². The van der Waals surface area contributed by atoms with Crippen LogP contribution in [0, 0.1) is 0 Å². The second-order valence-electron chi connectivity index (χ2n) is 5.60. The monoisotopic (exact) mass is 319 g/mol. The molecule has 0 aliphatic carbocycles. The van der Waals surface area contributed by atoms with Gasteiger partial charge in [-0.25, -0.2) is 0 Å². The van der Waals surface area contributed by atoms with Gasteiger partial charge in [-0.1, -0.05) is 6.07 Å². The van der Waals surface area contributed by atoms with Crippen LogP contribution in [0.2, 0.25) is 0 Å². The lowest BCUT2D eigenvalue weighted by molar-refractivity contribution is 0.120. The summed E-state index contributed by atoms with van der Waals surface area (Å²) in [5.41, 5.74) is 0.943. The van der Waals surface area contributed by atoms with Gasteiger partial charge in [-0.3, -0.25) is 4.90 Å². The van der Waals surface area contributed by atoms with Crippen molar-refractivity contribution in [1.29, 1.82) is 0 Å². The molecule has 1 fully saturated rings. The minimum absolute atomic E-state index is 0.368. The van der Waals surface area contributed by atoms with Crippen LogP contribution in [-0.2, 0) is 6.54 Å². The van der Waals surface area contributed by atoms with E-state index >= 15 is 0 Å². The highest BCUT2D eigenvalue weighted by Crippen LogP contribution is 2.30. The number of likely N-dealkylation sites (tertiary alicyclic amines) is 1. The van der Waals surface area contributed by atoms with Gasteiger partial charge in [-0.05, 0) is 43.3 Å². The van der Waals surface area contributed by atoms with Crippen molar-refractivity contribution in [3.8, 4) is 5.88 Å². The Balaban J connectivity index is 1.60. The lowest BCUT2D eigenvalue weighted by Gasteiger charge is -2.25. The number of rotatable bonds is 6. The number of ether oxygens (including phenoxy) is 1. The molecule has 0 amide bonds. The van der Waals surface area contributed by atoms with Crippen molar-refractivity contribution < 1.29 is 9.84 Å². The predicted molar refractivity (Wildman–Crippen MR) is 85.9 cm³/mol. The number of aliphatic hydroxyl groups excluding tert-OH is 1. The van der Waals surface area contributed by atoms with Gasteiger partial charge < -0.3 is 9.84 Å². The second kappa shape index (κ2) is 7.17. The minimum Gasteiger partial charge on any atom is -0.480 e. The number of thiophene rings is 1. The largest absolute Gasteiger partial charge is 0.480 e. The molecule has 2 atom stereocenters. The molecule has 5 nitrogen and oxygen atoms in total. The van der Waals surface area contributed by atoms with Gasteiger partial charge in [0.05, 0.1) is 18.9 Å². The summed E-state index contributed by atoms with van der Waals surface area (Å²) < 4.78 is 5.04. The van der Waals surface area contributed by atoms with Crippen molar-refractivity contribution in [2.24, 2.45) is 0 Å². The highest BCUT2D eigenvalue weighted by molar-refractivity contribution is 7.10. The maximum atomic E-state index is 10.4. The van der Waals surface area contributed by atoms with Crippen molar-refractivity contribution in [2.75, 3.05) is 13.7 Å². The molecular formula is C16H21N3O2S. The van der Waals surface area contributed by atoms with Crippen LogP contribution in [0.4, 0.5) is 0 Å². The molecule has 2 aromatic rings. The van der Waals surface area contributed by atoms with Gasteiger partial charge >= 0.3 is 0 Å². The van der Waals surface area contributed by atoms with E-state index in [2.05, 4.69) is 15.1 Å². The molecule has 3 rings (SSSR count). The molecule has 6 heteroatoms. The van der Waals surface area contributed by atoms with E-state index in [9.17, 15) is 5.11 Å². The molecule has 3 heterocycles. The zero-order chi connectivity index (χ0) is 15.4. The highest BCUT2D eigenvalue weighted by Gasteiger charge is 2.27. The summed E-state index contributed by atoms with van der Waals surface area (Å²) in [5.74, 6) is 0.537. The Bertz CT molecular complexity index is 574. The molecule has 1 aliphatic heterocycles. The van der Waals surface area contributed by atoms with Gasteiger partial charge in [0.25, 0.3) is 0 Å². The molecule has 0 spiro atoms. The van der Waals surface area contributed by atoms with E-state index in [0.29, 0.717) is 11.9 Å². The van der Waals surface area contributed by atoms with Gasteiger partial charge in [0.2, 0.25) is 5.88 Å². The van der Waals surface area contributed by atoms with Gasteiger partial charge in [-0.2, -0.15) is 5.10 Å². The Hall–Kier alpha value is -1.50. The topological polar surface area (TPSA) is 58.5 Å². The van der Waals surface area contributed by atoms with E-state index in [0.717, 1.165) is 36.5 Å². The second-order valence-corrected chi connectivity index (χ2v) is 6.58. The highest BCUT2D eigenvalue weighted by atomic mass is 32.1. The number of aromatic nitrogens is 2. The Morgan fingerprint density at radius 2 is 2.32 bits per heavy atom. The van der Waals surface area contributed by atoms with Gasteiger partial charge in [0.15, 0.2) is 0 Å². The van der Waals surface area contributed by atoms with Crippen LogP contribution in [0.15, 0.2) is 29.6 Å². The Kier molecular flexibility index (Phi) is 5.02. The molecule has 0 bridgehead atoms. The first-order valence-corrected chi connectivity index (χ1v) is 8.46. The quantitative estimate of drug-likeness (QED) is 0.887. The number of aliphatic hydroxyl groups is 1. The maximum absolute atomic E-state index is 10.4. The third-order valence-electron chi connectivity index (χ3n) is 4.14. The van der Waals surface area contributed by atoms with Crippen LogP contribution in [-0.4, -0.2) is 39.9 Å². The first-order valence-electron chi connectivity index (χ1n) is 7.58. The minimum atomic E-state index is -0.368. The van der Waals surface area contributed by atoms with Crippen molar-refractivity contribution in [3.63, 3.8) is 0 Å². The van der Waals surface area contributed by atoms with Crippen LogP contribution in [0.3, 0.4) is 0 Å². The standard InChI is InChI=1S/C16H21N3O2S/c1-21-16-7-6-12(17-18-16)11-19-8-2-4-13(19)10-14(20)15-5-3-9-22-15/h3,5-7,9,13-14,20H,2,4,8,10-11H2,1H3/t13-,14+/m1/s1. The SMILES string of the molecule is COc1ccc(CN2CCC[C@@H]2C[C@H](O)c2cccs2)nn1. The van der Waals surface area contributed by atoms with Crippen molar-refractivity contribution in [2.45, 2.75) is 38.0 Å². The van der Waals surface area contributed by atoms with Gasteiger partial charge in [0.1, 0.15) is 0 Å². The third-order valence-corrected chi connectivity index (χ3v) is 5.11. The van der Waals surface area contributed by atoms with Crippen LogP contribution < -0.4 is 4.74 Å². The summed E-state index contributed by atoms with van der Waals surface area (Å²) in [5, 5.41) is 20.6. The molecule has 1 saturated heterocycles. The van der Waals surface area contributed by atoms with Crippen molar-refractivity contribution in [3.05, 3.63) is 40.2 Å². The number of methoxy groups -OCH3 is 1. The molecule has 0 unspecified atom stereocenters. The van der Waals surface area contributed by atoms with Gasteiger partial charge in [0, 0.05) is 23.5 Å². The molecule has 22 heavy (non-hydrogen) atoms. The number of nitrogens with zero attached hydrogens (tertiary/aromatic N) is 3. The lowest BCUT2D eigenvalue weighted by Crippen LogP contribution is -2.30. The molecule has 2 aromatic heterocycles. The van der Waals surface area contributed by atoms with E-state index in [1.807, 2.05) is 29.6 Å². The molecule has 0 aromatic carbocycles. The zero-order valence-electron chi connectivity index (χ0n) is 12.7. The van der Waals surface area contributed by atoms with Crippen LogP contribution in [0.1, 0.15) is 35.9 Å². The normalized spacial score (nSPS) is 20.2. The molecule has 1 N–H and O–H groups in total. The van der Waals surface area contributed by atoms with Crippen LogP contribution in [0.5, 0.6) is 5.88 Å². The van der Waals surface area contributed by atoms with E-state index in [1.54, 1.807) is 18.4 Å². The summed E-state index contributed by atoms with van der Waals surface area (Å²) in [7, 11) is 1.59. The first-order chi connectivity index (χ1) is 10.8. The predicted octanol–water partition coefficient (Wildman–Crippen LogP) is 2.63. The fourth-order valence-electron chi connectivity index (χ4n) is 2.97.